The van der Waals surface area contributed by atoms with E-state index >= 15 is 0 Å². The van der Waals surface area contributed by atoms with Crippen LogP contribution in [0.2, 0.25) is 0 Å². The van der Waals surface area contributed by atoms with Crippen molar-refractivity contribution in [2.75, 3.05) is 13.7 Å². The van der Waals surface area contributed by atoms with Gasteiger partial charge in [-0.2, -0.15) is 0 Å². The third-order valence-corrected chi connectivity index (χ3v) is 3.64. The van der Waals surface area contributed by atoms with Crippen LogP contribution in [0.5, 0.6) is 5.88 Å². The molecular weight excluding hydrogens is 281 g/mol. The number of hydrogen-bond acceptors (Lipinski definition) is 3. The lowest BCUT2D eigenvalue weighted by Crippen LogP contribution is -1.99. The van der Waals surface area contributed by atoms with Crippen LogP contribution in [0.4, 0.5) is 4.39 Å². The lowest BCUT2D eigenvalue weighted by Gasteiger charge is -2.09. The van der Waals surface area contributed by atoms with E-state index in [1.807, 2.05) is 30.3 Å². The van der Waals surface area contributed by atoms with E-state index in [1.165, 1.54) is 6.07 Å². The van der Waals surface area contributed by atoms with Gasteiger partial charge in [0.15, 0.2) is 0 Å². The Labute approximate surface area is 128 Å². The lowest BCUT2D eigenvalue weighted by atomic mass is 10.0. The molecule has 0 spiro atoms. The minimum atomic E-state index is -0.247. The van der Waals surface area contributed by atoms with Crippen LogP contribution in [0.25, 0.3) is 22.0 Å². The summed E-state index contributed by atoms with van der Waals surface area (Å²) in [7, 11) is 1.55. The molecule has 2 aromatic carbocycles. The number of hydrogen-bond donors (Lipinski definition) is 1. The number of aromatic nitrogens is 1. The van der Waals surface area contributed by atoms with E-state index in [0.29, 0.717) is 23.4 Å². The van der Waals surface area contributed by atoms with E-state index in [4.69, 9.17) is 9.84 Å². The van der Waals surface area contributed by atoms with Gasteiger partial charge in [-0.3, -0.25) is 0 Å². The van der Waals surface area contributed by atoms with Crippen LogP contribution in [0.3, 0.4) is 0 Å². The fourth-order valence-corrected chi connectivity index (χ4v) is 2.51. The van der Waals surface area contributed by atoms with E-state index in [0.717, 1.165) is 16.5 Å². The number of methoxy groups -OCH3 is 1. The molecule has 0 radical (unpaired) electrons. The van der Waals surface area contributed by atoms with E-state index in [1.54, 1.807) is 19.2 Å². The quantitative estimate of drug-likeness (QED) is 0.800. The predicted molar refractivity (Wildman–Crippen MR) is 84.5 cm³/mol. The number of aliphatic hydroxyl groups is 1. The Morgan fingerprint density at radius 1 is 1.14 bits per heavy atom. The summed E-state index contributed by atoms with van der Waals surface area (Å²) in [5.74, 6) is 0.239. The Balaban J connectivity index is 2.09. The zero-order valence-electron chi connectivity index (χ0n) is 12.2. The first kappa shape index (κ1) is 14.5. The topological polar surface area (TPSA) is 42.4 Å². The summed E-state index contributed by atoms with van der Waals surface area (Å²) >= 11 is 0. The molecule has 22 heavy (non-hydrogen) atoms. The molecule has 1 N–H and O–H groups in total. The molecule has 3 aromatic rings. The van der Waals surface area contributed by atoms with E-state index < -0.39 is 0 Å². The monoisotopic (exact) mass is 297 g/mol. The fourth-order valence-electron chi connectivity index (χ4n) is 2.51. The fraction of sp³-hybridized carbons (Fsp3) is 0.167. The van der Waals surface area contributed by atoms with Crippen LogP contribution in [0.15, 0.2) is 48.5 Å². The van der Waals surface area contributed by atoms with E-state index in [2.05, 4.69) is 4.98 Å². The summed E-state index contributed by atoms with van der Waals surface area (Å²) in [6, 6.07) is 14.3. The molecule has 0 aliphatic carbocycles. The molecule has 0 atom stereocenters. The van der Waals surface area contributed by atoms with Crippen LogP contribution in [0.1, 0.15) is 5.56 Å². The maximum absolute atomic E-state index is 13.9. The number of benzene rings is 2. The highest BCUT2D eigenvalue weighted by Crippen LogP contribution is 2.27. The molecule has 0 unspecified atom stereocenters. The highest BCUT2D eigenvalue weighted by Gasteiger charge is 2.09. The van der Waals surface area contributed by atoms with Crippen LogP contribution in [0, 0.1) is 5.82 Å². The van der Waals surface area contributed by atoms with Gasteiger partial charge < -0.3 is 9.84 Å². The molecule has 4 heteroatoms. The maximum Gasteiger partial charge on any atom is 0.216 e. The smallest absolute Gasteiger partial charge is 0.216 e. The number of pyridine rings is 1. The highest BCUT2D eigenvalue weighted by atomic mass is 19.1. The molecule has 112 valence electrons. The van der Waals surface area contributed by atoms with Crippen molar-refractivity contribution >= 4 is 10.8 Å². The molecule has 1 aromatic heterocycles. The normalized spacial score (nSPS) is 10.9. The molecule has 0 saturated carbocycles. The van der Waals surface area contributed by atoms with Crippen molar-refractivity contribution in [3.8, 4) is 17.1 Å². The summed E-state index contributed by atoms with van der Waals surface area (Å²) in [6.07, 6.45) is 0.489. The van der Waals surface area contributed by atoms with Gasteiger partial charge in [0.05, 0.1) is 12.8 Å². The lowest BCUT2D eigenvalue weighted by molar-refractivity contribution is 0.296. The van der Waals surface area contributed by atoms with E-state index in [-0.39, 0.29) is 12.4 Å². The SMILES string of the molecule is COc1nc(-c2ccc3cccc(F)c3c2)ccc1CCO. The summed E-state index contributed by atoms with van der Waals surface area (Å²) in [5.41, 5.74) is 2.39. The Morgan fingerprint density at radius 3 is 2.77 bits per heavy atom. The van der Waals surface area contributed by atoms with Crippen molar-refractivity contribution in [3.63, 3.8) is 0 Å². The van der Waals surface area contributed by atoms with Crippen LogP contribution < -0.4 is 4.74 Å². The minimum Gasteiger partial charge on any atom is -0.481 e. The average molecular weight is 297 g/mol. The predicted octanol–water partition coefficient (Wildman–Crippen LogP) is 3.58. The third-order valence-electron chi connectivity index (χ3n) is 3.64. The van der Waals surface area contributed by atoms with Gasteiger partial charge in [-0.25, -0.2) is 9.37 Å². The summed E-state index contributed by atoms with van der Waals surface area (Å²) < 4.78 is 19.2. The molecule has 0 amide bonds. The highest BCUT2D eigenvalue weighted by molar-refractivity contribution is 5.87. The van der Waals surface area contributed by atoms with Gasteiger partial charge in [-0.15, -0.1) is 0 Å². The van der Waals surface area contributed by atoms with Gasteiger partial charge in [0.25, 0.3) is 0 Å². The number of ether oxygens (including phenoxy) is 1. The Kier molecular flexibility index (Phi) is 4.02. The van der Waals surface area contributed by atoms with E-state index in [9.17, 15) is 4.39 Å². The van der Waals surface area contributed by atoms with Gasteiger partial charge in [0.2, 0.25) is 5.88 Å². The molecule has 1 heterocycles. The standard InChI is InChI=1S/C18H16FNO2/c1-22-18-13(9-10-21)7-8-17(20-18)14-6-5-12-3-2-4-16(19)15(12)11-14/h2-8,11,21H,9-10H2,1H3. The van der Waals surface area contributed by atoms with Gasteiger partial charge in [-0.1, -0.05) is 30.3 Å². The first-order valence-electron chi connectivity index (χ1n) is 7.06. The van der Waals surface area contributed by atoms with Crippen molar-refractivity contribution < 1.29 is 14.2 Å². The molecular formula is C18H16FNO2. The zero-order chi connectivity index (χ0) is 15.5. The number of aliphatic hydroxyl groups excluding tert-OH is 1. The number of fused-ring (bicyclic) bond motifs is 1. The third kappa shape index (κ3) is 2.65. The van der Waals surface area contributed by atoms with Crippen LogP contribution in [-0.2, 0) is 6.42 Å². The largest absolute Gasteiger partial charge is 0.481 e. The molecule has 0 aliphatic heterocycles. The average Bonchev–Trinajstić information content (AvgIpc) is 2.55. The Morgan fingerprint density at radius 2 is 2.00 bits per heavy atom. The molecule has 3 rings (SSSR count). The van der Waals surface area contributed by atoms with Gasteiger partial charge >= 0.3 is 0 Å². The van der Waals surface area contributed by atoms with Crippen LogP contribution in [-0.4, -0.2) is 23.8 Å². The molecule has 3 nitrogen and oxygen atoms in total. The second-order valence-corrected chi connectivity index (χ2v) is 5.01. The Hall–Kier alpha value is -2.46. The summed E-state index contributed by atoms with van der Waals surface area (Å²) in [4.78, 5) is 4.46. The molecule has 0 aliphatic rings. The van der Waals surface area contributed by atoms with Crippen LogP contribution >= 0.6 is 0 Å². The molecule has 0 bridgehead atoms. The first-order chi connectivity index (χ1) is 10.7. The number of nitrogens with zero attached hydrogens (tertiary/aromatic N) is 1. The van der Waals surface area contributed by atoms with Crippen molar-refractivity contribution in [2.45, 2.75) is 6.42 Å². The maximum atomic E-state index is 13.9. The zero-order valence-corrected chi connectivity index (χ0v) is 12.2. The minimum absolute atomic E-state index is 0.0403. The van der Waals surface area contributed by atoms with Crippen molar-refractivity contribution in [3.05, 3.63) is 59.9 Å². The van der Waals surface area contributed by atoms with Crippen molar-refractivity contribution in [2.24, 2.45) is 0 Å². The second-order valence-electron chi connectivity index (χ2n) is 5.01. The summed E-state index contributed by atoms with van der Waals surface area (Å²) in [6.45, 7) is 0.0403. The van der Waals surface area contributed by atoms with Crippen molar-refractivity contribution in [1.29, 1.82) is 0 Å². The molecule has 0 fully saturated rings. The molecule has 0 saturated heterocycles. The van der Waals surface area contributed by atoms with Gasteiger partial charge in [0.1, 0.15) is 5.82 Å². The van der Waals surface area contributed by atoms with Crippen molar-refractivity contribution in [1.82, 2.24) is 4.98 Å². The van der Waals surface area contributed by atoms with Gasteiger partial charge in [-0.05, 0) is 23.6 Å². The Bertz CT molecular complexity index is 817. The summed E-state index contributed by atoms with van der Waals surface area (Å²) in [5, 5.41) is 10.5. The van der Waals surface area contributed by atoms with Gasteiger partial charge in [0, 0.05) is 29.5 Å². The second kappa shape index (κ2) is 6.12. The first-order valence-corrected chi connectivity index (χ1v) is 7.06. The number of halogens is 1. The number of rotatable bonds is 4.